The number of hydrogen-bond donors (Lipinski definition) is 1. The molecule has 0 aliphatic heterocycles. The predicted octanol–water partition coefficient (Wildman–Crippen LogP) is 3.25. The maximum atomic E-state index is 12.3. The average Bonchev–Trinajstić information content (AvgIpc) is 2.66. The van der Waals surface area contributed by atoms with Crippen molar-refractivity contribution in [1.29, 1.82) is 0 Å². The van der Waals surface area contributed by atoms with Gasteiger partial charge in [-0.05, 0) is 29.8 Å². The van der Waals surface area contributed by atoms with Crippen molar-refractivity contribution in [3.63, 3.8) is 0 Å². The van der Waals surface area contributed by atoms with E-state index < -0.39 is 11.6 Å². The third-order valence-corrected chi connectivity index (χ3v) is 4.01. The standard InChI is InChI=1S/C21H19NO6/c1-13(23)22-17-7-8-18-16(9-20(24)28-19(18)10-17)12-27-21(25)15-5-3-14(4-6-15)11-26-2/h3-10H,11-12H2,1-2H3,(H,22,23). The SMILES string of the molecule is COCc1ccc(C(=O)OCc2cc(=O)oc3cc(NC(C)=O)ccc23)cc1. The Labute approximate surface area is 160 Å². The van der Waals surface area contributed by atoms with Gasteiger partial charge in [-0.2, -0.15) is 0 Å². The number of hydrogen-bond acceptors (Lipinski definition) is 6. The van der Waals surface area contributed by atoms with E-state index in [1.54, 1.807) is 49.6 Å². The molecule has 0 unspecified atom stereocenters. The number of methoxy groups -OCH3 is 1. The van der Waals surface area contributed by atoms with E-state index in [2.05, 4.69) is 5.32 Å². The molecule has 2 aromatic carbocycles. The summed E-state index contributed by atoms with van der Waals surface area (Å²) in [7, 11) is 1.60. The van der Waals surface area contributed by atoms with Gasteiger partial charge in [-0.15, -0.1) is 0 Å². The normalized spacial score (nSPS) is 10.6. The van der Waals surface area contributed by atoms with Gasteiger partial charge in [0.05, 0.1) is 12.2 Å². The Bertz CT molecular complexity index is 1070. The molecule has 0 fully saturated rings. The highest BCUT2D eigenvalue weighted by molar-refractivity contribution is 5.92. The number of amides is 1. The van der Waals surface area contributed by atoms with Crippen LogP contribution in [-0.4, -0.2) is 19.0 Å². The first-order valence-corrected chi connectivity index (χ1v) is 8.55. The molecule has 1 N–H and O–H groups in total. The monoisotopic (exact) mass is 381 g/mol. The molecule has 0 aliphatic rings. The zero-order chi connectivity index (χ0) is 20.1. The molecule has 1 amide bonds. The van der Waals surface area contributed by atoms with Crippen LogP contribution in [-0.2, 0) is 27.5 Å². The molecule has 7 heteroatoms. The lowest BCUT2D eigenvalue weighted by Crippen LogP contribution is -2.09. The first kappa shape index (κ1) is 19.3. The molecule has 0 aliphatic carbocycles. The third kappa shape index (κ3) is 4.63. The van der Waals surface area contributed by atoms with Crippen molar-refractivity contribution in [3.05, 3.63) is 75.6 Å². The zero-order valence-electron chi connectivity index (χ0n) is 15.5. The molecule has 28 heavy (non-hydrogen) atoms. The van der Waals surface area contributed by atoms with Gasteiger partial charge in [0.2, 0.25) is 5.91 Å². The minimum Gasteiger partial charge on any atom is -0.457 e. The Morgan fingerprint density at radius 2 is 1.79 bits per heavy atom. The fourth-order valence-electron chi connectivity index (χ4n) is 2.76. The van der Waals surface area contributed by atoms with Crippen molar-refractivity contribution in [2.45, 2.75) is 20.1 Å². The van der Waals surface area contributed by atoms with E-state index in [9.17, 15) is 14.4 Å². The number of benzene rings is 2. The molecule has 0 radical (unpaired) electrons. The quantitative estimate of drug-likeness (QED) is 0.520. The summed E-state index contributed by atoms with van der Waals surface area (Å²) in [6, 6.07) is 13.1. The molecule has 3 aromatic rings. The fraction of sp³-hybridized carbons (Fsp3) is 0.190. The lowest BCUT2D eigenvalue weighted by molar-refractivity contribution is -0.114. The first-order valence-electron chi connectivity index (χ1n) is 8.55. The van der Waals surface area contributed by atoms with Gasteiger partial charge in [0.15, 0.2) is 0 Å². The van der Waals surface area contributed by atoms with Gasteiger partial charge < -0.3 is 19.2 Å². The molecule has 0 spiro atoms. The minimum atomic E-state index is -0.567. The highest BCUT2D eigenvalue weighted by Crippen LogP contribution is 2.22. The molecule has 0 saturated heterocycles. The van der Waals surface area contributed by atoms with Crippen molar-refractivity contribution < 1.29 is 23.5 Å². The van der Waals surface area contributed by atoms with E-state index in [0.717, 1.165) is 5.56 Å². The molecule has 0 bridgehead atoms. The lowest BCUT2D eigenvalue weighted by atomic mass is 10.1. The number of anilines is 1. The Hall–Kier alpha value is -3.45. The molecule has 3 rings (SSSR count). The lowest BCUT2D eigenvalue weighted by Gasteiger charge is -2.09. The fourth-order valence-corrected chi connectivity index (χ4v) is 2.76. The summed E-state index contributed by atoms with van der Waals surface area (Å²) >= 11 is 0. The van der Waals surface area contributed by atoms with Crippen LogP contribution in [0.3, 0.4) is 0 Å². The van der Waals surface area contributed by atoms with Crippen LogP contribution in [0.1, 0.15) is 28.4 Å². The van der Waals surface area contributed by atoms with Crippen LogP contribution in [0.5, 0.6) is 0 Å². The number of rotatable bonds is 6. The van der Waals surface area contributed by atoms with E-state index in [-0.39, 0.29) is 12.5 Å². The zero-order valence-corrected chi connectivity index (χ0v) is 15.5. The summed E-state index contributed by atoms with van der Waals surface area (Å²) < 4.78 is 15.6. The van der Waals surface area contributed by atoms with Crippen molar-refractivity contribution in [2.75, 3.05) is 12.4 Å². The van der Waals surface area contributed by atoms with E-state index in [1.807, 2.05) is 0 Å². The second-order valence-corrected chi connectivity index (χ2v) is 6.19. The smallest absolute Gasteiger partial charge is 0.338 e. The van der Waals surface area contributed by atoms with E-state index in [0.29, 0.717) is 34.4 Å². The van der Waals surface area contributed by atoms with Crippen LogP contribution in [0.2, 0.25) is 0 Å². The van der Waals surface area contributed by atoms with Crippen LogP contribution >= 0.6 is 0 Å². The Kier molecular flexibility index (Phi) is 5.86. The third-order valence-electron chi connectivity index (χ3n) is 4.01. The number of ether oxygens (including phenoxy) is 2. The van der Waals surface area contributed by atoms with Crippen molar-refractivity contribution in [3.8, 4) is 0 Å². The van der Waals surface area contributed by atoms with Crippen molar-refractivity contribution >= 4 is 28.5 Å². The van der Waals surface area contributed by atoms with Crippen LogP contribution in [0.15, 0.2) is 57.7 Å². The molecular weight excluding hydrogens is 362 g/mol. The highest BCUT2D eigenvalue weighted by Gasteiger charge is 2.12. The second kappa shape index (κ2) is 8.49. The molecule has 0 atom stereocenters. The molecule has 1 aromatic heterocycles. The Balaban J connectivity index is 1.78. The van der Waals surface area contributed by atoms with Gasteiger partial charge in [0.1, 0.15) is 12.2 Å². The average molecular weight is 381 g/mol. The number of carbonyl (C=O) groups is 2. The van der Waals surface area contributed by atoms with Crippen molar-refractivity contribution in [1.82, 2.24) is 0 Å². The van der Waals surface area contributed by atoms with Gasteiger partial charge in [0.25, 0.3) is 0 Å². The topological polar surface area (TPSA) is 94.8 Å². The van der Waals surface area contributed by atoms with Gasteiger partial charge in [0, 0.05) is 42.8 Å². The molecule has 144 valence electrons. The predicted molar refractivity (Wildman–Crippen MR) is 103 cm³/mol. The summed E-state index contributed by atoms with van der Waals surface area (Å²) in [4.78, 5) is 35.3. The van der Waals surface area contributed by atoms with Crippen LogP contribution in [0, 0.1) is 0 Å². The van der Waals surface area contributed by atoms with Crippen molar-refractivity contribution in [2.24, 2.45) is 0 Å². The second-order valence-electron chi connectivity index (χ2n) is 6.19. The van der Waals surface area contributed by atoms with E-state index in [1.165, 1.54) is 13.0 Å². The largest absolute Gasteiger partial charge is 0.457 e. The summed E-state index contributed by atoms with van der Waals surface area (Å²) in [6.07, 6.45) is 0. The maximum Gasteiger partial charge on any atom is 0.338 e. The van der Waals surface area contributed by atoms with Gasteiger partial charge in [-0.25, -0.2) is 9.59 Å². The minimum absolute atomic E-state index is 0.0831. The summed E-state index contributed by atoms with van der Waals surface area (Å²) in [5, 5.41) is 3.25. The maximum absolute atomic E-state index is 12.3. The summed E-state index contributed by atoms with van der Waals surface area (Å²) in [5.41, 5.74) is 2.11. The number of fused-ring (bicyclic) bond motifs is 1. The molecule has 0 saturated carbocycles. The first-order chi connectivity index (χ1) is 13.5. The van der Waals surface area contributed by atoms with E-state index in [4.69, 9.17) is 13.9 Å². The van der Waals surface area contributed by atoms with Gasteiger partial charge >= 0.3 is 11.6 Å². The number of nitrogens with one attached hydrogen (secondary N) is 1. The number of carbonyl (C=O) groups excluding carboxylic acids is 2. The van der Waals surface area contributed by atoms with Crippen LogP contribution < -0.4 is 10.9 Å². The Morgan fingerprint density at radius 3 is 2.46 bits per heavy atom. The van der Waals surface area contributed by atoms with Crippen LogP contribution in [0.25, 0.3) is 11.0 Å². The summed E-state index contributed by atoms with van der Waals surface area (Å²) in [5.74, 6) is -0.733. The highest BCUT2D eigenvalue weighted by atomic mass is 16.5. The van der Waals surface area contributed by atoms with Crippen LogP contribution in [0.4, 0.5) is 5.69 Å². The van der Waals surface area contributed by atoms with E-state index >= 15 is 0 Å². The summed E-state index contributed by atoms with van der Waals surface area (Å²) in [6.45, 7) is 1.76. The molecule has 7 nitrogen and oxygen atoms in total. The Morgan fingerprint density at radius 1 is 1.04 bits per heavy atom. The van der Waals surface area contributed by atoms with Gasteiger partial charge in [-0.1, -0.05) is 12.1 Å². The van der Waals surface area contributed by atoms with Gasteiger partial charge in [-0.3, -0.25) is 4.79 Å². The number of esters is 1. The molecular formula is C21H19NO6. The molecule has 1 heterocycles.